The molecule has 0 saturated carbocycles. The van der Waals surface area contributed by atoms with Crippen LogP contribution < -0.4 is 0 Å². The third-order valence-corrected chi connectivity index (χ3v) is 4.08. The maximum absolute atomic E-state index is 12.7. The monoisotopic (exact) mass is 334 g/mol. The van der Waals surface area contributed by atoms with E-state index in [-0.39, 0.29) is 11.9 Å². The second-order valence-corrected chi connectivity index (χ2v) is 5.90. The first-order valence-electron chi connectivity index (χ1n) is 6.59. The van der Waals surface area contributed by atoms with Crippen LogP contribution in [0.15, 0.2) is 29.0 Å². The maximum Gasteiger partial charge on any atom is 0.273 e. The van der Waals surface area contributed by atoms with E-state index in [1.807, 2.05) is 24.0 Å². The van der Waals surface area contributed by atoms with E-state index in [1.54, 1.807) is 12.4 Å². The summed E-state index contributed by atoms with van der Waals surface area (Å²) in [5.41, 5.74) is 2.41. The number of aromatic nitrogens is 3. The minimum Gasteiger partial charge on any atom is -0.329 e. The summed E-state index contributed by atoms with van der Waals surface area (Å²) in [6.45, 7) is 2.67. The van der Waals surface area contributed by atoms with Crippen LogP contribution in [-0.2, 0) is 0 Å². The summed E-state index contributed by atoms with van der Waals surface area (Å²) in [4.78, 5) is 18.9. The Bertz CT molecular complexity index is 626. The van der Waals surface area contributed by atoms with Crippen LogP contribution in [0.5, 0.6) is 0 Å². The van der Waals surface area contributed by atoms with Crippen LogP contribution in [0.4, 0.5) is 0 Å². The lowest BCUT2D eigenvalue weighted by molar-refractivity contribution is 0.0726. The number of nitrogens with zero attached hydrogens (tertiary/aromatic N) is 3. The standard InChI is InChI=1S/C14H15BrN4O/c1-9-7-10(15)8-16-13(9)14(20)19-6-2-3-12(19)11-4-5-17-18-11/h4-5,7-8,12H,2-3,6H2,1H3,(H,17,18)/t12-/m0/s1. The van der Waals surface area contributed by atoms with Crippen LogP contribution in [0, 0.1) is 6.92 Å². The summed E-state index contributed by atoms with van der Waals surface area (Å²) >= 11 is 3.37. The number of pyridine rings is 1. The number of hydrogen-bond acceptors (Lipinski definition) is 3. The minimum absolute atomic E-state index is 0.00731. The Balaban J connectivity index is 1.89. The zero-order valence-electron chi connectivity index (χ0n) is 11.1. The largest absolute Gasteiger partial charge is 0.329 e. The fraction of sp³-hybridized carbons (Fsp3) is 0.357. The normalized spacial score (nSPS) is 18.5. The lowest BCUT2D eigenvalue weighted by Gasteiger charge is -2.24. The van der Waals surface area contributed by atoms with Crippen molar-refractivity contribution in [3.8, 4) is 0 Å². The van der Waals surface area contributed by atoms with E-state index in [0.29, 0.717) is 5.69 Å². The number of carbonyl (C=O) groups is 1. The number of aryl methyl sites for hydroxylation is 1. The topological polar surface area (TPSA) is 61.9 Å². The van der Waals surface area contributed by atoms with Gasteiger partial charge in [0, 0.05) is 23.4 Å². The molecule has 0 bridgehead atoms. The highest BCUT2D eigenvalue weighted by molar-refractivity contribution is 9.10. The van der Waals surface area contributed by atoms with Crippen LogP contribution in [0.3, 0.4) is 0 Å². The van der Waals surface area contributed by atoms with Crippen LogP contribution in [0.25, 0.3) is 0 Å². The van der Waals surface area contributed by atoms with Crippen molar-refractivity contribution in [1.29, 1.82) is 0 Å². The fourth-order valence-corrected chi connectivity index (χ4v) is 3.13. The van der Waals surface area contributed by atoms with Gasteiger partial charge in [0.05, 0.1) is 11.7 Å². The molecule has 0 aromatic carbocycles. The quantitative estimate of drug-likeness (QED) is 0.918. The molecular formula is C14H15BrN4O. The summed E-state index contributed by atoms with van der Waals surface area (Å²) in [5.74, 6) is -0.00731. The number of halogens is 1. The van der Waals surface area contributed by atoms with Crippen molar-refractivity contribution in [1.82, 2.24) is 20.1 Å². The van der Waals surface area contributed by atoms with Crippen molar-refractivity contribution >= 4 is 21.8 Å². The smallest absolute Gasteiger partial charge is 0.273 e. The van der Waals surface area contributed by atoms with Crippen molar-refractivity contribution in [2.75, 3.05) is 6.54 Å². The third kappa shape index (κ3) is 2.35. The number of hydrogen-bond donors (Lipinski definition) is 1. The molecule has 0 aliphatic carbocycles. The highest BCUT2D eigenvalue weighted by atomic mass is 79.9. The van der Waals surface area contributed by atoms with Gasteiger partial charge in [-0.15, -0.1) is 0 Å². The molecule has 0 spiro atoms. The summed E-state index contributed by atoms with van der Waals surface area (Å²) in [6, 6.07) is 3.93. The van der Waals surface area contributed by atoms with Gasteiger partial charge in [0.25, 0.3) is 5.91 Å². The van der Waals surface area contributed by atoms with Gasteiger partial charge in [-0.1, -0.05) is 0 Å². The first-order valence-corrected chi connectivity index (χ1v) is 7.38. The molecule has 1 aliphatic rings. The molecule has 3 heterocycles. The number of aromatic amines is 1. The Morgan fingerprint density at radius 1 is 1.55 bits per heavy atom. The highest BCUT2D eigenvalue weighted by Crippen LogP contribution is 2.32. The maximum atomic E-state index is 12.7. The predicted molar refractivity (Wildman–Crippen MR) is 78.3 cm³/mol. The zero-order valence-corrected chi connectivity index (χ0v) is 12.7. The number of amides is 1. The van der Waals surface area contributed by atoms with Crippen molar-refractivity contribution in [2.24, 2.45) is 0 Å². The van der Waals surface area contributed by atoms with E-state index < -0.39 is 0 Å². The first kappa shape index (κ1) is 13.3. The van der Waals surface area contributed by atoms with Gasteiger partial charge in [-0.2, -0.15) is 5.10 Å². The summed E-state index contributed by atoms with van der Waals surface area (Å²) in [5, 5.41) is 6.94. The average Bonchev–Trinajstić information content (AvgIpc) is 3.09. The van der Waals surface area contributed by atoms with Gasteiger partial charge in [-0.3, -0.25) is 9.89 Å². The molecule has 5 nitrogen and oxygen atoms in total. The van der Waals surface area contributed by atoms with Gasteiger partial charge < -0.3 is 4.90 Å². The molecule has 104 valence electrons. The van der Waals surface area contributed by atoms with Gasteiger partial charge in [-0.05, 0) is 53.4 Å². The molecule has 0 unspecified atom stereocenters. The highest BCUT2D eigenvalue weighted by Gasteiger charge is 2.32. The third-order valence-electron chi connectivity index (χ3n) is 3.64. The van der Waals surface area contributed by atoms with Gasteiger partial charge >= 0.3 is 0 Å². The number of likely N-dealkylation sites (tertiary alicyclic amines) is 1. The Morgan fingerprint density at radius 2 is 2.40 bits per heavy atom. The van der Waals surface area contributed by atoms with Crippen molar-refractivity contribution in [2.45, 2.75) is 25.8 Å². The lowest BCUT2D eigenvalue weighted by atomic mass is 10.1. The van der Waals surface area contributed by atoms with Crippen LogP contribution >= 0.6 is 15.9 Å². The molecule has 20 heavy (non-hydrogen) atoms. The Kier molecular flexibility index (Phi) is 3.56. The van der Waals surface area contributed by atoms with Gasteiger partial charge in [-0.25, -0.2) is 4.98 Å². The number of carbonyl (C=O) groups excluding carboxylic acids is 1. The van der Waals surface area contributed by atoms with Crippen LogP contribution in [-0.4, -0.2) is 32.5 Å². The molecule has 6 heteroatoms. The van der Waals surface area contributed by atoms with Crippen molar-refractivity contribution < 1.29 is 4.79 Å². The average molecular weight is 335 g/mol. The number of rotatable bonds is 2. The molecule has 2 aromatic heterocycles. The van der Waals surface area contributed by atoms with E-state index in [0.717, 1.165) is 35.1 Å². The number of nitrogens with one attached hydrogen (secondary N) is 1. The van der Waals surface area contributed by atoms with Gasteiger partial charge in [0.2, 0.25) is 0 Å². The van der Waals surface area contributed by atoms with E-state index in [1.165, 1.54) is 0 Å². The van der Waals surface area contributed by atoms with E-state index in [4.69, 9.17) is 0 Å². The lowest BCUT2D eigenvalue weighted by Crippen LogP contribution is -2.32. The van der Waals surface area contributed by atoms with E-state index in [2.05, 4.69) is 31.1 Å². The van der Waals surface area contributed by atoms with Crippen LogP contribution in [0.2, 0.25) is 0 Å². The SMILES string of the molecule is Cc1cc(Br)cnc1C(=O)N1CCC[C@H]1c1ccn[nH]1. The molecule has 1 amide bonds. The van der Waals surface area contributed by atoms with Crippen molar-refractivity contribution in [3.63, 3.8) is 0 Å². The molecule has 1 aliphatic heterocycles. The van der Waals surface area contributed by atoms with Gasteiger partial charge in [0.15, 0.2) is 0 Å². The second-order valence-electron chi connectivity index (χ2n) is 4.99. The van der Waals surface area contributed by atoms with Crippen molar-refractivity contribution in [3.05, 3.63) is 46.0 Å². The minimum atomic E-state index is -0.00731. The molecular weight excluding hydrogens is 320 g/mol. The molecule has 2 aromatic rings. The molecule has 1 saturated heterocycles. The summed E-state index contributed by atoms with van der Waals surface area (Å²) < 4.78 is 0.887. The second kappa shape index (κ2) is 5.36. The molecule has 1 fully saturated rings. The molecule has 0 radical (unpaired) electrons. The Hall–Kier alpha value is -1.69. The Morgan fingerprint density at radius 3 is 3.10 bits per heavy atom. The Labute approximate surface area is 125 Å². The van der Waals surface area contributed by atoms with Crippen LogP contribution in [0.1, 0.15) is 40.6 Å². The summed E-state index contributed by atoms with van der Waals surface area (Å²) in [6.07, 6.45) is 5.36. The fourth-order valence-electron chi connectivity index (χ4n) is 2.69. The molecule has 3 rings (SSSR count). The van der Waals surface area contributed by atoms with E-state index >= 15 is 0 Å². The number of H-pyrrole nitrogens is 1. The van der Waals surface area contributed by atoms with Gasteiger partial charge in [0.1, 0.15) is 5.69 Å². The zero-order chi connectivity index (χ0) is 14.1. The predicted octanol–water partition coefficient (Wildman–Crippen LogP) is 2.85. The first-order chi connectivity index (χ1) is 9.66. The van der Waals surface area contributed by atoms with E-state index in [9.17, 15) is 4.79 Å². The molecule has 1 atom stereocenters. The molecule has 1 N–H and O–H groups in total. The summed E-state index contributed by atoms with van der Waals surface area (Å²) in [7, 11) is 0.